The highest BCUT2D eigenvalue weighted by Crippen LogP contribution is 2.25. The van der Waals surface area contributed by atoms with Crippen molar-refractivity contribution in [2.45, 2.75) is 20.3 Å². The predicted octanol–water partition coefficient (Wildman–Crippen LogP) is 2.75. The normalized spacial score (nSPS) is 11.1. The molecule has 2 rings (SSSR count). The molecular formula is C11H12ClN3OS. The van der Waals surface area contributed by atoms with Gasteiger partial charge in [0.1, 0.15) is 4.34 Å². The molecule has 90 valence electrons. The molecule has 2 aromatic heterocycles. The first-order valence-electron chi connectivity index (χ1n) is 5.26. The van der Waals surface area contributed by atoms with Gasteiger partial charge >= 0.3 is 0 Å². The SMILES string of the molecule is CC(C)Cc1cc(=O)[nH]c(-c2ncc(Cl)s2)n1. The fourth-order valence-corrected chi connectivity index (χ4v) is 2.35. The van der Waals surface area contributed by atoms with Gasteiger partial charge < -0.3 is 4.98 Å². The number of nitrogens with one attached hydrogen (secondary N) is 1. The zero-order valence-corrected chi connectivity index (χ0v) is 11.1. The molecule has 0 atom stereocenters. The van der Waals surface area contributed by atoms with Crippen LogP contribution in [0.1, 0.15) is 19.5 Å². The topological polar surface area (TPSA) is 58.6 Å². The van der Waals surface area contributed by atoms with E-state index >= 15 is 0 Å². The molecule has 0 saturated carbocycles. The number of rotatable bonds is 3. The largest absolute Gasteiger partial charge is 0.304 e. The third-order valence-corrected chi connectivity index (χ3v) is 3.21. The molecule has 2 aromatic rings. The van der Waals surface area contributed by atoms with E-state index in [1.54, 1.807) is 6.20 Å². The Morgan fingerprint density at radius 2 is 2.29 bits per heavy atom. The molecule has 17 heavy (non-hydrogen) atoms. The lowest BCUT2D eigenvalue weighted by Gasteiger charge is -2.04. The summed E-state index contributed by atoms with van der Waals surface area (Å²) in [6.45, 7) is 4.17. The Kier molecular flexibility index (Phi) is 3.59. The van der Waals surface area contributed by atoms with Gasteiger partial charge in [-0.05, 0) is 12.3 Å². The summed E-state index contributed by atoms with van der Waals surface area (Å²) in [6.07, 6.45) is 2.33. The van der Waals surface area contributed by atoms with Crippen LogP contribution in [-0.4, -0.2) is 15.0 Å². The van der Waals surface area contributed by atoms with Gasteiger partial charge in [0.05, 0.1) is 6.20 Å². The van der Waals surface area contributed by atoms with Gasteiger partial charge in [-0.2, -0.15) is 0 Å². The molecule has 1 N–H and O–H groups in total. The third-order valence-electron chi connectivity index (χ3n) is 2.09. The average Bonchev–Trinajstić information content (AvgIpc) is 2.62. The number of halogens is 1. The van der Waals surface area contributed by atoms with Crippen molar-refractivity contribution in [2.24, 2.45) is 5.92 Å². The van der Waals surface area contributed by atoms with Gasteiger partial charge in [0.2, 0.25) is 0 Å². The Hall–Kier alpha value is -1.20. The number of nitrogens with zero attached hydrogens (tertiary/aromatic N) is 2. The van der Waals surface area contributed by atoms with Crippen molar-refractivity contribution in [2.75, 3.05) is 0 Å². The van der Waals surface area contributed by atoms with Gasteiger partial charge in [-0.1, -0.05) is 36.8 Å². The number of thiazole rings is 1. The molecule has 6 heteroatoms. The number of aromatic nitrogens is 3. The summed E-state index contributed by atoms with van der Waals surface area (Å²) >= 11 is 7.11. The molecule has 0 fully saturated rings. The van der Waals surface area contributed by atoms with Crippen LogP contribution in [-0.2, 0) is 6.42 Å². The molecule has 0 aromatic carbocycles. The van der Waals surface area contributed by atoms with Crippen LogP contribution in [0.15, 0.2) is 17.1 Å². The van der Waals surface area contributed by atoms with Crippen molar-refractivity contribution in [1.82, 2.24) is 15.0 Å². The summed E-state index contributed by atoms with van der Waals surface area (Å²) in [5.74, 6) is 0.946. The van der Waals surface area contributed by atoms with Crippen LogP contribution in [0.4, 0.5) is 0 Å². The minimum Gasteiger partial charge on any atom is -0.304 e. The van der Waals surface area contributed by atoms with Gasteiger partial charge in [-0.3, -0.25) is 4.79 Å². The van der Waals surface area contributed by atoms with Crippen LogP contribution in [0, 0.1) is 5.92 Å². The van der Waals surface area contributed by atoms with E-state index in [0.717, 1.165) is 12.1 Å². The first kappa shape index (κ1) is 12.3. The molecule has 0 bridgehead atoms. The van der Waals surface area contributed by atoms with Crippen molar-refractivity contribution < 1.29 is 0 Å². The third kappa shape index (κ3) is 3.14. The second-order valence-electron chi connectivity index (χ2n) is 4.15. The lowest BCUT2D eigenvalue weighted by atomic mass is 10.1. The Balaban J connectivity index is 2.41. The van der Waals surface area contributed by atoms with E-state index in [1.807, 2.05) is 0 Å². The van der Waals surface area contributed by atoms with E-state index in [9.17, 15) is 4.79 Å². The minimum atomic E-state index is -0.156. The summed E-state index contributed by atoms with van der Waals surface area (Å²) in [6, 6.07) is 1.53. The first-order valence-corrected chi connectivity index (χ1v) is 6.46. The molecule has 0 amide bonds. The second kappa shape index (κ2) is 4.98. The molecule has 0 spiro atoms. The average molecular weight is 270 g/mol. The smallest absolute Gasteiger partial charge is 0.251 e. The van der Waals surface area contributed by atoms with Gasteiger partial charge in [-0.25, -0.2) is 9.97 Å². The highest BCUT2D eigenvalue weighted by Gasteiger charge is 2.09. The van der Waals surface area contributed by atoms with Crippen molar-refractivity contribution in [3.8, 4) is 10.8 Å². The molecule has 4 nitrogen and oxygen atoms in total. The standard InChI is InChI=1S/C11H12ClN3OS/c1-6(2)3-7-4-9(16)15-10(14-7)11-13-5-8(12)17-11/h4-6H,3H2,1-2H3,(H,14,15,16). The maximum Gasteiger partial charge on any atom is 0.251 e. The molecule has 0 saturated heterocycles. The second-order valence-corrected chi connectivity index (χ2v) is 5.81. The van der Waals surface area contributed by atoms with Crippen LogP contribution < -0.4 is 5.56 Å². The van der Waals surface area contributed by atoms with Crippen LogP contribution in [0.3, 0.4) is 0 Å². The van der Waals surface area contributed by atoms with Crippen molar-refractivity contribution >= 4 is 22.9 Å². The van der Waals surface area contributed by atoms with Gasteiger partial charge in [0.25, 0.3) is 5.56 Å². The summed E-state index contributed by atoms with van der Waals surface area (Å²) in [5.41, 5.74) is 0.627. The molecule has 0 aliphatic heterocycles. The Labute approximate surface area is 108 Å². The summed E-state index contributed by atoms with van der Waals surface area (Å²) < 4.78 is 0.580. The lowest BCUT2D eigenvalue weighted by molar-refractivity contribution is 0.634. The molecule has 0 unspecified atom stereocenters. The lowest BCUT2D eigenvalue weighted by Crippen LogP contribution is -2.11. The number of aromatic amines is 1. The summed E-state index contributed by atoms with van der Waals surface area (Å²) in [7, 11) is 0. The minimum absolute atomic E-state index is 0.156. The van der Waals surface area contributed by atoms with E-state index in [-0.39, 0.29) is 5.56 Å². The van der Waals surface area contributed by atoms with E-state index < -0.39 is 0 Å². The fraction of sp³-hybridized carbons (Fsp3) is 0.364. The van der Waals surface area contributed by atoms with E-state index in [2.05, 4.69) is 28.8 Å². The molecule has 2 heterocycles. The molecule has 0 radical (unpaired) electrons. The molecule has 0 aliphatic carbocycles. The molecular weight excluding hydrogens is 258 g/mol. The Bertz CT molecular complexity index is 576. The Morgan fingerprint density at radius 1 is 1.53 bits per heavy atom. The predicted molar refractivity (Wildman–Crippen MR) is 69.5 cm³/mol. The van der Waals surface area contributed by atoms with Crippen molar-refractivity contribution in [3.63, 3.8) is 0 Å². The van der Waals surface area contributed by atoms with Gasteiger partial charge in [-0.15, -0.1) is 0 Å². The monoisotopic (exact) mass is 269 g/mol. The molecule has 0 aliphatic rings. The van der Waals surface area contributed by atoms with Crippen molar-refractivity contribution in [3.05, 3.63) is 32.6 Å². The maximum atomic E-state index is 11.5. The Morgan fingerprint density at radius 3 is 2.88 bits per heavy atom. The quantitative estimate of drug-likeness (QED) is 0.932. The number of H-pyrrole nitrogens is 1. The zero-order chi connectivity index (χ0) is 12.4. The number of hydrogen-bond donors (Lipinski definition) is 1. The van der Waals surface area contributed by atoms with Gasteiger partial charge in [0.15, 0.2) is 10.8 Å². The fourth-order valence-electron chi connectivity index (χ4n) is 1.50. The van der Waals surface area contributed by atoms with E-state index in [0.29, 0.717) is 21.1 Å². The first-order chi connectivity index (χ1) is 8.04. The van der Waals surface area contributed by atoms with Crippen molar-refractivity contribution in [1.29, 1.82) is 0 Å². The van der Waals surface area contributed by atoms with Crippen LogP contribution in [0.25, 0.3) is 10.8 Å². The summed E-state index contributed by atoms with van der Waals surface area (Å²) in [4.78, 5) is 22.7. The summed E-state index contributed by atoms with van der Waals surface area (Å²) in [5, 5.41) is 0.637. The highest BCUT2D eigenvalue weighted by atomic mass is 35.5. The van der Waals surface area contributed by atoms with Crippen LogP contribution >= 0.6 is 22.9 Å². The van der Waals surface area contributed by atoms with E-state index in [4.69, 9.17) is 11.6 Å². The maximum absolute atomic E-state index is 11.5. The van der Waals surface area contributed by atoms with E-state index in [1.165, 1.54) is 17.4 Å². The van der Waals surface area contributed by atoms with Gasteiger partial charge in [0, 0.05) is 11.8 Å². The van der Waals surface area contributed by atoms with Crippen LogP contribution in [0.5, 0.6) is 0 Å². The number of hydrogen-bond acceptors (Lipinski definition) is 4. The highest BCUT2D eigenvalue weighted by molar-refractivity contribution is 7.18. The van der Waals surface area contributed by atoms with Crippen LogP contribution in [0.2, 0.25) is 4.34 Å². The zero-order valence-electron chi connectivity index (χ0n) is 9.53.